The van der Waals surface area contributed by atoms with E-state index in [9.17, 15) is 0 Å². The summed E-state index contributed by atoms with van der Waals surface area (Å²) in [6, 6.07) is 16.0. The quantitative estimate of drug-likeness (QED) is 0.538. The molecule has 0 spiro atoms. The summed E-state index contributed by atoms with van der Waals surface area (Å²) in [4.78, 5) is 7.66. The molecule has 26 heavy (non-hydrogen) atoms. The van der Waals surface area contributed by atoms with Gasteiger partial charge in [-0.2, -0.15) is 0 Å². The Morgan fingerprint density at radius 3 is 2.62 bits per heavy atom. The number of benzene rings is 2. The van der Waals surface area contributed by atoms with E-state index in [0.29, 0.717) is 6.04 Å². The summed E-state index contributed by atoms with van der Waals surface area (Å²) < 4.78 is 1.28. The summed E-state index contributed by atoms with van der Waals surface area (Å²) >= 11 is 1.83. The minimum absolute atomic E-state index is 0.679. The highest BCUT2D eigenvalue weighted by atomic mass is 32.1. The van der Waals surface area contributed by atoms with Crippen molar-refractivity contribution in [3.63, 3.8) is 0 Å². The molecule has 3 aromatic rings. The van der Waals surface area contributed by atoms with Gasteiger partial charge in [-0.3, -0.25) is 0 Å². The topological polar surface area (TPSA) is 16.1 Å². The molecule has 0 radical (unpaired) electrons. The highest BCUT2D eigenvalue weighted by Crippen LogP contribution is 2.37. The van der Waals surface area contributed by atoms with Crippen LogP contribution in [0.1, 0.15) is 44.2 Å². The molecule has 1 heterocycles. The van der Waals surface area contributed by atoms with E-state index in [1.807, 2.05) is 11.3 Å². The lowest BCUT2D eigenvalue weighted by molar-refractivity contribution is 0.180. The molecule has 2 nitrogen and oxygen atoms in total. The van der Waals surface area contributed by atoms with E-state index < -0.39 is 0 Å². The Labute approximate surface area is 160 Å². The summed E-state index contributed by atoms with van der Waals surface area (Å²) in [6.45, 7) is 7.03. The van der Waals surface area contributed by atoms with Crippen molar-refractivity contribution in [1.82, 2.24) is 9.88 Å². The Bertz CT molecular complexity index is 844. The van der Waals surface area contributed by atoms with Crippen molar-refractivity contribution in [2.75, 3.05) is 13.1 Å². The van der Waals surface area contributed by atoms with E-state index in [4.69, 9.17) is 4.98 Å². The molecule has 0 aliphatic heterocycles. The van der Waals surface area contributed by atoms with Crippen molar-refractivity contribution in [3.05, 3.63) is 53.6 Å². The number of para-hydroxylation sites is 1. The van der Waals surface area contributed by atoms with E-state index in [-0.39, 0.29) is 0 Å². The first kappa shape index (κ1) is 17.7. The van der Waals surface area contributed by atoms with Crippen LogP contribution in [0.15, 0.2) is 42.5 Å². The van der Waals surface area contributed by atoms with Gasteiger partial charge in [0.2, 0.25) is 0 Å². The maximum absolute atomic E-state index is 4.94. The van der Waals surface area contributed by atoms with E-state index in [1.54, 1.807) is 5.56 Å². The first-order chi connectivity index (χ1) is 12.8. The van der Waals surface area contributed by atoms with Gasteiger partial charge < -0.3 is 4.90 Å². The van der Waals surface area contributed by atoms with E-state index in [1.165, 1.54) is 66.0 Å². The molecule has 0 bridgehead atoms. The van der Waals surface area contributed by atoms with Gasteiger partial charge in [0.15, 0.2) is 0 Å². The van der Waals surface area contributed by atoms with Crippen LogP contribution >= 0.6 is 11.3 Å². The molecule has 1 aromatic heterocycles. The number of aryl methyl sites for hydroxylation is 1. The predicted molar refractivity (Wildman–Crippen MR) is 113 cm³/mol. The van der Waals surface area contributed by atoms with Crippen LogP contribution in [0.2, 0.25) is 0 Å². The highest BCUT2D eigenvalue weighted by molar-refractivity contribution is 7.21. The van der Waals surface area contributed by atoms with Gasteiger partial charge in [0, 0.05) is 11.6 Å². The number of nitrogens with zero attached hydrogens (tertiary/aromatic N) is 2. The number of aromatic nitrogens is 1. The van der Waals surface area contributed by atoms with Crippen LogP contribution < -0.4 is 0 Å². The van der Waals surface area contributed by atoms with Crippen LogP contribution in [0.4, 0.5) is 0 Å². The third kappa shape index (κ3) is 3.43. The Morgan fingerprint density at radius 2 is 1.85 bits per heavy atom. The average Bonchev–Trinajstić information content (AvgIpc) is 3.11. The van der Waals surface area contributed by atoms with Crippen LogP contribution in [-0.2, 0) is 12.8 Å². The Kier molecular flexibility index (Phi) is 5.37. The molecule has 1 aliphatic rings. The van der Waals surface area contributed by atoms with Gasteiger partial charge in [0.1, 0.15) is 5.01 Å². The van der Waals surface area contributed by atoms with Crippen molar-refractivity contribution in [3.8, 4) is 10.6 Å². The zero-order chi connectivity index (χ0) is 17.9. The predicted octanol–water partition coefficient (Wildman–Crippen LogP) is 5.94. The molecule has 1 unspecified atom stereocenters. The van der Waals surface area contributed by atoms with Crippen LogP contribution in [0, 0.1) is 0 Å². The summed E-state index contributed by atoms with van der Waals surface area (Å²) in [6.07, 6.45) is 6.13. The van der Waals surface area contributed by atoms with Crippen molar-refractivity contribution < 1.29 is 0 Å². The smallest absolute Gasteiger partial charge is 0.124 e. The Morgan fingerprint density at radius 1 is 1.04 bits per heavy atom. The van der Waals surface area contributed by atoms with Gasteiger partial charge in [-0.25, -0.2) is 4.98 Å². The Balaban J connectivity index is 1.69. The second-order valence-electron chi connectivity index (χ2n) is 7.36. The molecular weight excluding hydrogens is 336 g/mol. The molecule has 4 rings (SSSR count). The van der Waals surface area contributed by atoms with E-state index in [2.05, 4.69) is 61.2 Å². The van der Waals surface area contributed by atoms with Crippen molar-refractivity contribution in [2.45, 2.75) is 52.0 Å². The first-order valence-electron chi connectivity index (χ1n) is 10.0. The summed E-state index contributed by atoms with van der Waals surface area (Å²) in [5.41, 5.74) is 5.56. The molecular formula is C23H28N2S. The zero-order valence-corrected chi connectivity index (χ0v) is 16.7. The van der Waals surface area contributed by atoms with Crippen LogP contribution in [0.3, 0.4) is 0 Å². The fourth-order valence-corrected chi connectivity index (χ4v) is 5.34. The lowest BCUT2D eigenvalue weighted by Gasteiger charge is -2.35. The molecule has 0 saturated carbocycles. The van der Waals surface area contributed by atoms with Crippen molar-refractivity contribution >= 4 is 21.6 Å². The molecule has 0 fully saturated rings. The van der Waals surface area contributed by atoms with Gasteiger partial charge in [0.25, 0.3) is 0 Å². The summed E-state index contributed by atoms with van der Waals surface area (Å²) in [5.74, 6) is 0. The normalized spacial score (nSPS) is 17.0. The standard InChI is InChI=1S/C23H28N2S/c1-3-14-25(15-4-2)18-13-12-17-8-7-9-19(20(17)16-18)23-24-21-10-5-6-11-22(21)26-23/h5-11,18H,3-4,12-16H2,1-2H3. The molecule has 2 aromatic carbocycles. The fourth-order valence-electron chi connectivity index (χ4n) is 4.32. The third-order valence-corrected chi connectivity index (χ3v) is 6.59. The van der Waals surface area contributed by atoms with Gasteiger partial charge in [-0.1, -0.05) is 44.2 Å². The fraction of sp³-hybridized carbons (Fsp3) is 0.435. The Hall–Kier alpha value is -1.71. The lowest BCUT2D eigenvalue weighted by Crippen LogP contribution is -2.40. The highest BCUT2D eigenvalue weighted by Gasteiger charge is 2.26. The maximum Gasteiger partial charge on any atom is 0.124 e. The number of fused-ring (bicyclic) bond motifs is 2. The van der Waals surface area contributed by atoms with Crippen LogP contribution in [0.5, 0.6) is 0 Å². The average molecular weight is 365 g/mol. The zero-order valence-electron chi connectivity index (χ0n) is 15.9. The molecule has 0 amide bonds. The van der Waals surface area contributed by atoms with Crippen LogP contribution in [0.25, 0.3) is 20.8 Å². The van der Waals surface area contributed by atoms with Gasteiger partial charge in [-0.15, -0.1) is 11.3 Å². The summed E-state index contributed by atoms with van der Waals surface area (Å²) in [5, 5.41) is 1.18. The summed E-state index contributed by atoms with van der Waals surface area (Å²) in [7, 11) is 0. The number of rotatable bonds is 6. The number of hydrogen-bond acceptors (Lipinski definition) is 3. The number of hydrogen-bond donors (Lipinski definition) is 0. The molecule has 0 saturated heterocycles. The second-order valence-corrected chi connectivity index (χ2v) is 8.39. The van der Waals surface area contributed by atoms with Gasteiger partial charge in [-0.05, 0) is 68.5 Å². The minimum atomic E-state index is 0.679. The van der Waals surface area contributed by atoms with Gasteiger partial charge in [0.05, 0.1) is 10.2 Å². The lowest BCUT2D eigenvalue weighted by atomic mass is 9.84. The molecule has 1 aliphatic carbocycles. The van der Waals surface area contributed by atoms with Crippen LogP contribution in [-0.4, -0.2) is 29.0 Å². The molecule has 1 atom stereocenters. The first-order valence-corrected chi connectivity index (χ1v) is 10.8. The van der Waals surface area contributed by atoms with Crippen molar-refractivity contribution in [2.24, 2.45) is 0 Å². The van der Waals surface area contributed by atoms with E-state index >= 15 is 0 Å². The number of thiazole rings is 1. The van der Waals surface area contributed by atoms with E-state index in [0.717, 1.165) is 5.52 Å². The minimum Gasteiger partial charge on any atom is -0.300 e. The molecule has 0 N–H and O–H groups in total. The maximum atomic E-state index is 4.94. The second kappa shape index (κ2) is 7.89. The largest absolute Gasteiger partial charge is 0.300 e. The SMILES string of the molecule is CCCN(CCC)C1CCc2cccc(-c3nc4ccccc4s3)c2C1. The molecule has 136 valence electrons. The monoisotopic (exact) mass is 364 g/mol. The van der Waals surface area contributed by atoms with Crippen molar-refractivity contribution in [1.29, 1.82) is 0 Å². The van der Waals surface area contributed by atoms with Gasteiger partial charge >= 0.3 is 0 Å². The third-order valence-electron chi connectivity index (χ3n) is 5.52. The molecule has 3 heteroatoms.